The number of carbonyl (C=O) groups is 2. The molecule has 2 aromatic heterocycles. The minimum atomic E-state index is -0.121. The number of hydrogen-bond acceptors (Lipinski definition) is 3. The molecule has 0 unspecified atom stereocenters. The van der Waals surface area contributed by atoms with Crippen LogP contribution in [0.4, 0.5) is 10.5 Å². The lowest BCUT2D eigenvalue weighted by Crippen LogP contribution is -2.40. The van der Waals surface area contributed by atoms with Crippen molar-refractivity contribution in [2.75, 3.05) is 31.5 Å². The van der Waals surface area contributed by atoms with Gasteiger partial charge >= 0.3 is 6.03 Å². The molecule has 0 atom stereocenters. The first-order chi connectivity index (χ1) is 16.5. The highest BCUT2D eigenvalue weighted by Gasteiger charge is 2.26. The Morgan fingerprint density at radius 2 is 1.76 bits per heavy atom. The van der Waals surface area contributed by atoms with Crippen molar-refractivity contribution in [2.24, 2.45) is 0 Å². The number of carbonyl (C=O) groups excluding carboxylic acids is 2. The summed E-state index contributed by atoms with van der Waals surface area (Å²) in [6, 6.07) is 9.69. The van der Waals surface area contributed by atoms with Crippen LogP contribution in [0.15, 0.2) is 42.7 Å². The van der Waals surface area contributed by atoms with Crippen LogP contribution in [0.25, 0.3) is 5.52 Å². The van der Waals surface area contributed by atoms with Gasteiger partial charge in [0, 0.05) is 32.4 Å². The zero-order valence-corrected chi connectivity index (χ0v) is 20.2. The Labute approximate surface area is 204 Å². The van der Waals surface area contributed by atoms with E-state index in [1.165, 1.54) is 12.0 Å². The molecule has 3 aromatic rings. The van der Waals surface area contributed by atoms with Crippen LogP contribution in [0.3, 0.4) is 0 Å². The van der Waals surface area contributed by atoms with Gasteiger partial charge < -0.3 is 15.1 Å². The fourth-order valence-electron chi connectivity index (χ4n) is 5.01. The van der Waals surface area contributed by atoms with Gasteiger partial charge in [-0.1, -0.05) is 17.7 Å². The van der Waals surface area contributed by atoms with Gasteiger partial charge in [-0.2, -0.15) is 5.10 Å². The molecule has 4 heterocycles. The molecule has 0 aliphatic carbocycles. The number of urea groups is 1. The first kappa shape index (κ1) is 22.7. The van der Waals surface area contributed by atoms with E-state index in [2.05, 4.69) is 22.5 Å². The number of nitrogens with one attached hydrogen (secondary N) is 1. The number of benzene rings is 1. The number of hydrogen-bond donors (Lipinski definition) is 1. The monoisotopic (exact) mass is 479 g/mol. The van der Waals surface area contributed by atoms with Gasteiger partial charge in [0.2, 0.25) is 0 Å². The van der Waals surface area contributed by atoms with Crippen molar-refractivity contribution in [2.45, 2.75) is 44.9 Å². The molecule has 5 rings (SSSR count). The third kappa shape index (κ3) is 4.62. The van der Waals surface area contributed by atoms with Gasteiger partial charge in [-0.15, -0.1) is 0 Å². The molecule has 2 saturated heterocycles. The fourth-order valence-corrected chi connectivity index (χ4v) is 5.30. The highest BCUT2D eigenvalue weighted by Crippen LogP contribution is 2.30. The molecule has 1 aromatic carbocycles. The maximum absolute atomic E-state index is 13.1. The van der Waals surface area contributed by atoms with E-state index in [1.54, 1.807) is 10.7 Å². The highest BCUT2D eigenvalue weighted by molar-refractivity contribution is 6.33. The van der Waals surface area contributed by atoms with Crippen molar-refractivity contribution in [1.29, 1.82) is 0 Å². The van der Waals surface area contributed by atoms with Crippen LogP contribution >= 0.6 is 11.6 Å². The van der Waals surface area contributed by atoms with E-state index in [9.17, 15) is 9.59 Å². The quantitative estimate of drug-likeness (QED) is 0.551. The minimum Gasteiger partial charge on any atom is -0.339 e. The van der Waals surface area contributed by atoms with Gasteiger partial charge in [0.05, 0.1) is 28.0 Å². The Morgan fingerprint density at radius 3 is 2.50 bits per heavy atom. The molecule has 178 valence electrons. The molecule has 0 saturated carbocycles. The predicted octanol–water partition coefficient (Wildman–Crippen LogP) is 5.33. The van der Waals surface area contributed by atoms with Crippen LogP contribution in [-0.2, 0) is 0 Å². The van der Waals surface area contributed by atoms with Crippen molar-refractivity contribution in [3.05, 3.63) is 64.4 Å². The Bertz CT molecular complexity index is 1210. The van der Waals surface area contributed by atoms with Crippen LogP contribution in [0, 0.1) is 6.92 Å². The molecule has 8 heteroatoms. The van der Waals surface area contributed by atoms with Gasteiger partial charge in [0.25, 0.3) is 5.91 Å². The number of likely N-dealkylation sites (tertiary alicyclic amines) is 2. The third-order valence-corrected chi connectivity index (χ3v) is 7.35. The molecule has 0 radical (unpaired) electrons. The van der Waals surface area contributed by atoms with Crippen molar-refractivity contribution in [3.63, 3.8) is 0 Å². The summed E-state index contributed by atoms with van der Waals surface area (Å²) >= 11 is 6.27. The second-order valence-corrected chi connectivity index (χ2v) is 9.78. The number of nitrogens with zero attached hydrogens (tertiary/aromatic N) is 4. The van der Waals surface area contributed by atoms with Gasteiger partial charge in [-0.3, -0.25) is 4.79 Å². The Kier molecular flexibility index (Phi) is 6.46. The number of piperidine rings is 2. The van der Waals surface area contributed by atoms with E-state index >= 15 is 0 Å². The molecule has 7 nitrogen and oxygen atoms in total. The lowest BCUT2D eigenvalue weighted by molar-refractivity contribution is 0.0726. The SMILES string of the molecule is Cc1ccc(NC(=O)N2CCC(c3ccn4ncc(C(=O)N5CCCCC5)c4c3)CC2)c(Cl)c1. The lowest BCUT2D eigenvalue weighted by Gasteiger charge is -2.32. The van der Waals surface area contributed by atoms with Crippen LogP contribution in [0.5, 0.6) is 0 Å². The second kappa shape index (κ2) is 9.66. The standard InChI is InChI=1S/C26H30ClN5O2/c1-18-5-6-23(22(27)15-18)29-26(34)31-12-7-19(8-13-31)20-9-14-32-24(16-20)21(17-28-32)25(33)30-10-3-2-4-11-30/h5-6,9,14-17,19H,2-4,7-8,10-13H2,1H3,(H,29,34). The number of aryl methyl sites for hydroxylation is 1. The molecule has 3 amide bonds. The molecule has 2 fully saturated rings. The van der Waals surface area contributed by atoms with E-state index in [0.29, 0.717) is 35.3 Å². The summed E-state index contributed by atoms with van der Waals surface area (Å²) < 4.78 is 1.79. The maximum atomic E-state index is 13.1. The summed E-state index contributed by atoms with van der Waals surface area (Å²) in [6.45, 7) is 4.96. The van der Waals surface area contributed by atoms with E-state index in [-0.39, 0.29) is 11.9 Å². The average molecular weight is 480 g/mol. The summed E-state index contributed by atoms with van der Waals surface area (Å²) in [6.07, 6.45) is 8.70. The average Bonchev–Trinajstić information content (AvgIpc) is 3.29. The third-order valence-electron chi connectivity index (χ3n) is 7.04. The second-order valence-electron chi connectivity index (χ2n) is 9.38. The van der Waals surface area contributed by atoms with Crippen LogP contribution in [0.1, 0.15) is 59.5 Å². The van der Waals surface area contributed by atoms with Crippen LogP contribution in [0.2, 0.25) is 5.02 Å². The highest BCUT2D eigenvalue weighted by atomic mass is 35.5. The number of pyridine rings is 1. The smallest absolute Gasteiger partial charge is 0.321 e. The first-order valence-corrected chi connectivity index (χ1v) is 12.5. The number of fused-ring (bicyclic) bond motifs is 1. The molecule has 0 spiro atoms. The zero-order chi connectivity index (χ0) is 23.7. The van der Waals surface area contributed by atoms with Crippen molar-refractivity contribution < 1.29 is 9.59 Å². The number of halogens is 1. The summed E-state index contributed by atoms with van der Waals surface area (Å²) in [5.74, 6) is 0.415. The Hall–Kier alpha value is -3.06. The zero-order valence-electron chi connectivity index (χ0n) is 19.5. The van der Waals surface area contributed by atoms with E-state index in [0.717, 1.165) is 49.9 Å². The molecular formula is C26H30ClN5O2. The summed E-state index contributed by atoms with van der Waals surface area (Å²) in [7, 11) is 0. The van der Waals surface area contributed by atoms with Crippen molar-refractivity contribution >= 4 is 34.7 Å². The number of rotatable bonds is 3. The molecular weight excluding hydrogens is 450 g/mol. The van der Waals surface area contributed by atoms with Gasteiger partial charge in [-0.05, 0) is 80.3 Å². The summed E-state index contributed by atoms with van der Waals surface area (Å²) in [5, 5.41) is 7.89. The normalized spacial score (nSPS) is 17.2. The molecule has 2 aliphatic rings. The van der Waals surface area contributed by atoms with Gasteiger partial charge in [0.1, 0.15) is 0 Å². The minimum absolute atomic E-state index is 0.0770. The van der Waals surface area contributed by atoms with Crippen molar-refractivity contribution in [1.82, 2.24) is 19.4 Å². The first-order valence-electron chi connectivity index (χ1n) is 12.1. The predicted molar refractivity (Wildman–Crippen MR) is 134 cm³/mol. The summed E-state index contributed by atoms with van der Waals surface area (Å²) in [4.78, 5) is 29.6. The maximum Gasteiger partial charge on any atom is 0.321 e. The largest absolute Gasteiger partial charge is 0.339 e. The number of amides is 3. The lowest BCUT2D eigenvalue weighted by atomic mass is 9.89. The van der Waals surface area contributed by atoms with Gasteiger partial charge in [0.15, 0.2) is 0 Å². The fraction of sp³-hybridized carbons (Fsp3) is 0.423. The molecule has 34 heavy (non-hydrogen) atoms. The van der Waals surface area contributed by atoms with E-state index in [1.807, 2.05) is 41.1 Å². The molecule has 2 aliphatic heterocycles. The van der Waals surface area contributed by atoms with E-state index < -0.39 is 0 Å². The Morgan fingerprint density at radius 1 is 1.00 bits per heavy atom. The van der Waals surface area contributed by atoms with E-state index in [4.69, 9.17) is 11.6 Å². The molecule has 1 N–H and O–H groups in total. The van der Waals surface area contributed by atoms with Crippen LogP contribution in [-0.4, -0.2) is 57.5 Å². The van der Waals surface area contributed by atoms with Crippen LogP contribution < -0.4 is 5.32 Å². The van der Waals surface area contributed by atoms with Gasteiger partial charge in [-0.25, -0.2) is 9.31 Å². The molecule has 0 bridgehead atoms. The summed E-state index contributed by atoms with van der Waals surface area (Å²) in [5.41, 5.74) is 4.43. The van der Waals surface area contributed by atoms with Crippen molar-refractivity contribution in [3.8, 4) is 0 Å². The number of anilines is 1. The number of aromatic nitrogens is 2. The Balaban J connectivity index is 1.25. The topological polar surface area (TPSA) is 70.0 Å².